The van der Waals surface area contributed by atoms with E-state index >= 15 is 0 Å². The van der Waals surface area contributed by atoms with Crippen molar-refractivity contribution in [3.05, 3.63) is 47.1 Å². The van der Waals surface area contributed by atoms with Crippen molar-refractivity contribution in [2.24, 2.45) is 5.73 Å². The Morgan fingerprint density at radius 3 is 2.79 bits per heavy atom. The molecule has 0 saturated heterocycles. The lowest BCUT2D eigenvalue weighted by Gasteiger charge is -2.02. The van der Waals surface area contributed by atoms with Crippen LogP contribution >= 0.6 is 0 Å². The van der Waals surface area contributed by atoms with Crippen LogP contribution in [0.2, 0.25) is 0 Å². The van der Waals surface area contributed by atoms with Crippen LogP contribution in [0.5, 0.6) is 0 Å². The fraction of sp³-hybridized carbons (Fsp3) is 0.385. The van der Waals surface area contributed by atoms with Crippen LogP contribution in [0.1, 0.15) is 43.1 Å². The van der Waals surface area contributed by atoms with Crippen LogP contribution in [0.25, 0.3) is 0 Å². The minimum absolute atomic E-state index is 0.253. The maximum absolute atomic E-state index is 13.1. The van der Waals surface area contributed by atoms with Gasteiger partial charge >= 0.3 is 0 Å². The Bertz CT molecular complexity index is 557. The summed E-state index contributed by atoms with van der Waals surface area (Å²) < 4.78 is 30.9. The van der Waals surface area contributed by atoms with Gasteiger partial charge in [0.2, 0.25) is 5.89 Å². The molecule has 2 rings (SSSR count). The topological polar surface area (TPSA) is 64.9 Å². The molecule has 2 aromatic rings. The van der Waals surface area contributed by atoms with Crippen LogP contribution in [-0.2, 0) is 6.42 Å². The van der Waals surface area contributed by atoms with Crippen molar-refractivity contribution >= 4 is 0 Å². The van der Waals surface area contributed by atoms with Crippen molar-refractivity contribution in [1.29, 1.82) is 0 Å². The Balaban J connectivity index is 2.09. The van der Waals surface area contributed by atoms with Gasteiger partial charge in [0.1, 0.15) is 0 Å². The summed E-state index contributed by atoms with van der Waals surface area (Å²) in [6, 6.07) is 3.41. The maximum Gasteiger partial charge on any atom is 0.231 e. The third-order valence-electron chi connectivity index (χ3n) is 2.75. The van der Waals surface area contributed by atoms with Gasteiger partial charge in [-0.1, -0.05) is 24.6 Å². The lowest BCUT2D eigenvalue weighted by Crippen LogP contribution is -2.11. The van der Waals surface area contributed by atoms with Crippen LogP contribution in [0.3, 0.4) is 0 Å². The van der Waals surface area contributed by atoms with Crippen LogP contribution in [0.4, 0.5) is 8.78 Å². The first-order valence-electron chi connectivity index (χ1n) is 6.12. The van der Waals surface area contributed by atoms with Crippen molar-refractivity contribution in [3.8, 4) is 0 Å². The van der Waals surface area contributed by atoms with E-state index in [0.717, 1.165) is 25.0 Å². The average Bonchev–Trinajstić information content (AvgIpc) is 2.83. The summed E-state index contributed by atoms with van der Waals surface area (Å²) in [7, 11) is 0. The monoisotopic (exact) mass is 267 g/mol. The number of halogens is 2. The molecule has 0 aliphatic carbocycles. The molecule has 0 spiro atoms. The number of hydrogen-bond acceptors (Lipinski definition) is 4. The van der Waals surface area contributed by atoms with Gasteiger partial charge in [0, 0.05) is 0 Å². The molecular weight excluding hydrogens is 252 g/mol. The average molecular weight is 267 g/mol. The molecule has 0 radical (unpaired) electrons. The van der Waals surface area contributed by atoms with E-state index in [0.29, 0.717) is 17.3 Å². The lowest BCUT2D eigenvalue weighted by molar-refractivity contribution is 0.374. The van der Waals surface area contributed by atoms with Crippen molar-refractivity contribution in [1.82, 2.24) is 10.1 Å². The molecule has 19 heavy (non-hydrogen) atoms. The number of hydrogen-bond donors (Lipinski definition) is 1. The first-order valence-corrected chi connectivity index (χ1v) is 6.12. The van der Waals surface area contributed by atoms with Gasteiger partial charge in [-0.2, -0.15) is 4.98 Å². The summed E-state index contributed by atoms with van der Waals surface area (Å²) in [6.07, 6.45) is 1.95. The van der Waals surface area contributed by atoms with E-state index in [1.165, 1.54) is 6.07 Å². The van der Waals surface area contributed by atoms with Crippen LogP contribution in [0.15, 0.2) is 22.7 Å². The summed E-state index contributed by atoms with van der Waals surface area (Å²) in [5.41, 5.74) is 6.43. The molecule has 0 aliphatic rings. The summed E-state index contributed by atoms with van der Waals surface area (Å²) in [5.74, 6) is -0.980. The molecular formula is C13H15F2N3O. The summed E-state index contributed by atoms with van der Waals surface area (Å²) in [4.78, 5) is 4.16. The first-order chi connectivity index (χ1) is 9.10. The smallest absolute Gasteiger partial charge is 0.231 e. The summed E-state index contributed by atoms with van der Waals surface area (Å²) >= 11 is 0. The second-order valence-electron chi connectivity index (χ2n) is 4.37. The largest absolute Gasteiger partial charge is 0.339 e. The fourth-order valence-corrected chi connectivity index (χ4v) is 1.75. The van der Waals surface area contributed by atoms with Gasteiger partial charge in [-0.3, -0.25) is 0 Å². The van der Waals surface area contributed by atoms with Crippen LogP contribution in [0, 0.1) is 11.6 Å². The van der Waals surface area contributed by atoms with E-state index in [1.54, 1.807) is 0 Å². The number of nitrogens with zero attached hydrogens (tertiary/aromatic N) is 2. The highest BCUT2D eigenvalue weighted by molar-refractivity contribution is 5.20. The van der Waals surface area contributed by atoms with Gasteiger partial charge in [-0.15, -0.1) is 0 Å². The molecule has 1 aromatic carbocycles. The molecule has 4 nitrogen and oxygen atoms in total. The minimum Gasteiger partial charge on any atom is -0.339 e. The van der Waals surface area contributed by atoms with Gasteiger partial charge in [-0.05, 0) is 24.1 Å². The highest BCUT2D eigenvalue weighted by Gasteiger charge is 2.14. The van der Waals surface area contributed by atoms with E-state index in [2.05, 4.69) is 10.1 Å². The van der Waals surface area contributed by atoms with Gasteiger partial charge in [0.15, 0.2) is 17.5 Å². The highest BCUT2D eigenvalue weighted by atomic mass is 19.2. The zero-order valence-corrected chi connectivity index (χ0v) is 10.6. The molecule has 1 atom stereocenters. The fourth-order valence-electron chi connectivity index (χ4n) is 1.75. The van der Waals surface area contributed by atoms with Crippen molar-refractivity contribution < 1.29 is 13.3 Å². The SMILES string of the molecule is CCCC(N)c1noc(Cc2ccc(F)c(F)c2)n1. The molecule has 6 heteroatoms. The number of aromatic nitrogens is 2. The molecule has 0 fully saturated rings. The molecule has 0 saturated carbocycles. The van der Waals surface area contributed by atoms with Crippen LogP contribution < -0.4 is 5.73 Å². The second-order valence-corrected chi connectivity index (χ2v) is 4.37. The predicted octanol–water partition coefficient (Wildman–Crippen LogP) is 2.74. The minimum atomic E-state index is -0.889. The molecule has 2 N–H and O–H groups in total. The molecule has 1 heterocycles. The Morgan fingerprint density at radius 2 is 2.11 bits per heavy atom. The third-order valence-corrected chi connectivity index (χ3v) is 2.75. The Morgan fingerprint density at radius 1 is 1.32 bits per heavy atom. The Hall–Kier alpha value is -1.82. The Kier molecular flexibility index (Phi) is 4.21. The van der Waals surface area contributed by atoms with E-state index in [9.17, 15) is 8.78 Å². The van der Waals surface area contributed by atoms with Gasteiger partial charge < -0.3 is 10.3 Å². The molecule has 1 aromatic heterocycles. The predicted molar refractivity (Wildman–Crippen MR) is 65.3 cm³/mol. The van der Waals surface area contributed by atoms with Crippen molar-refractivity contribution in [2.45, 2.75) is 32.2 Å². The summed E-state index contributed by atoms with van der Waals surface area (Å²) in [6.45, 7) is 2.02. The Labute approximate surface area is 109 Å². The van der Waals surface area contributed by atoms with Gasteiger partial charge in [-0.25, -0.2) is 8.78 Å². The zero-order chi connectivity index (χ0) is 13.8. The van der Waals surface area contributed by atoms with E-state index in [1.807, 2.05) is 6.92 Å². The first kappa shape index (κ1) is 13.6. The van der Waals surface area contributed by atoms with Crippen LogP contribution in [-0.4, -0.2) is 10.1 Å². The standard InChI is InChI=1S/C13H15F2N3O/c1-2-3-11(16)13-17-12(19-18-13)7-8-4-5-9(14)10(15)6-8/h4-6,11H,2-3,7,16H2,1H3. The van der Waals surface area contributed by atoms with E-state index in [-0.39, 0.29) is 12.5 Å². The second kappa shape index (κ2) is 5.88. The highest BCUT2D eigenvalue weighted by Crippen LogP contribution is 2.15. The number of rotatable bonds is 5. The lowest BCUT2D eigenvalue weighted by atomic mass is 10.1. The van der Waals surface area contributed by atoms with Gasteiger partial charge in [0.05, 0.1) is 12.5 Å². The maximum atomic E-state index is 13.1. The molecule has 0 amide bonds. The summed E-state index contributed by atoms with van der Waals surface area (Å²) in [5, 5.41) is 3.79. The van der Waals surface area contributed by atoms with Gasteiger partial charge in [0.25, 0.3) is 0 Å². The molecule has 0 bridgehead atoms. The number of benzene rings is 1. The van der Waals surface area contributed by atoms with E-state index in [4.69, 9.17) is 10.3 Å². The third kappa shape index (κ3) is 3.35. The zero-order valence-electron chi connectivity index (χ0n) is 10.6. The molecule has 1 unspecified atom stereocenters. The quantitative estimate of drug-likeness (QED) is 0.904. The van der Waals surface area contributed by atoms with E-state index < -0.39 is 11.6 Å². The molecule has 102 valence electrons. The normalized spacial score (nSPS) is 12.6. The molecule has 0 aliphatic heterocycles. The number of nitrogens with two attached hydrogens (primary N) is 1. The van der Waals surface area contributed by atoms with Crippen molar-refractivity contribution in [3.63, 3.8) is 0 Å². The van der Waals surface area contributed by atoms with Crippen molar-refractivity contribution in [2.75, 3.05) is 0 Å².